The van der Waals surface area contributed by atoms with Gasteiger partial charge in [0.05, 0.1) is 16.8 Å². The molecule has 0 aliphatic rings. The van der Waals surface area contributed by atoms with Crippen LogP contribution in [-0.2, 0) is 20.0 Å². The van der Waals surface area contributed by atoms with Gasteiger partial charge in [-0.05, 0) is 61.7 Å². The minimum atomic E-state index is -3.69. The molecule has 0 aliphatic carbocycles. The lowest BCUT2D eigenvalue weighted by molar-refractivity contribution is 0.578. The van der Waals surface area contributed by atoms with Crippen LogP contribution in [0.4, 0.5) is 5.69 Å². The molecule has 0 atom stereocenters. The van der Waals surface area contributed by atoms with E-state index in [9.17, 15) is 16.8 Å². The maximum Gasteiger partial charge on any atom is 0.240 e. The standard InChI is InChI=1S/C18H24N2O4S2/c1-14-6-5-7-18(13-14)26(23,24)19-8-9-20(25(4,21)22)17-11-15(2)10-16(3)12-17/h5-7,10-13,19H,8-9H2,1-4H3. The lowest BCUT2D eigenvalue weighted by Gasteiger charge is -2.23. The molecule has 1 N–H and O–H groups in total. The predicted octanol–water partition coefficient (Wildman–Crippen LogP) is 2.36. The molecule has 0 saturated carbocycles. The molecule has 0 radical (unpaired) electrons. The largest absolute Gasteiger partial charge is 0.269 e. The van der Waals surface area contributed by atoms with Crippen LogP contribution in [0.5, 0.6) is 0 Å². The van der Waals surface area contributed by atoms with Crippen LogP contribution in [0.15, 0.2) is 47.4 Å². The molecular weight excluding hydrogens is 372 g/mol. The summed E-state index contributed by atoms with van der Waals surface area (Å²) in [6, 6.07) is 12.0. The van der Waals surface area contributed by atoms with E-state index in [2.05, 4.69) is 4.72 Å². The van der Waals surface area contributed by atoms with Crippen molar-refractivity contribution in [2.45, 2.75) is 25.7 Å². The van der Waals surface area contributed by atoms with Gasteiger partial charge in [-0.3, -0.25) is 4.31 Å². The van der Waals surface area contributed by atoms with E-state index in [0.717, 1.165) is 22.9 Å². The fourth-order valence-corrected chi connectivity index (χ4v) is 4.77. The predicted molar refractivity (Wildman–Crippen MR) is 104 cm³/mol. The molecule has 2 rings (SSSR count). The summed E-state index contributed by atoms with van der Waals surface area (Å²) in [4.78, 5) is 0.162. The first-order valence-electron chi connectivity index (χ1n) is 8.11. The van der Waals surface area contributed by atoms with Gasteiger partial charge < -0.3 is 0 Å². The molecule has 0 aliphatic heterocycles. The van der Waals surface area contributed by atoms with E-state index in [4.69, 9.17) is 0 Å². The van der Waals surface area contributed by atoms with Gasteiger partial charge in [-0.1, -0.05) is 18.2 Å². The van der Waals surface area contributed by atoms with Crippen LogP contribution < -0.4 is 9.03 Å². The van der Waals surface area contributed by atoms with E-state index in [0.29, 0.717) is 5.69 Å². The smallest absolute Gasteiger partial charge is 0.240 e. The molecule has 0 bridgehead atoms. The van der Waals surface area contributed by atoms with Crippen molar-refractivity contribution >= 4 is 25.7 Å². The average Bonchev–Trinajstić information content (AvgIpc) is 2.49. The molecule has 0 aromatic heterocycles. The number of aryl methyl sites for hydroxylation is 3. The van der Waals surface area contributed by atoms with Crippen LogP contribution in [0.2, 0.25) is 0 Å². The highest BCUT2D eigenvalue weighted by atomic mass is 32.2. The maximum atomic E-state index is 12.4. The third kappa shape index (κ3) is 5.30. The van der Waals surface area contributed by atoms with Crippen molar-refractivity contribution in [1.29, 1.82) is 0 Å². The Balaban J connectivity index is 2.18. The van der Waals surface area contributed by atoms with E-state index in [1.165, 1.54) is 10.4 Å². The topological polar surface area (TPSA) is 83.6 Å². The Morgan fingerprint density at radius 1 is 0.885 bits per heavy atom. The normalized spacial score (nSPS) is 12.2. The van der Waals surface area contributed by atoms with Crippen molar-refractivity contribution in [3.05, 3.63) is 59.2 Å². The highest BCUT2D eigenvalue weighted by Crippen LogP contribution is 2.21. The van der Waals surface area contributed by atoms with Crippen molar-refractivity contribution in [3.63, 3.8) is 0 Å². The quantitative estimate of drug-likeness (QED) is 0.779. The molecule has 26 heavy (non-hydrogen) atoms. The Morgan fingerprint density at radius 3 is 2.04 bits per heavy atom. The number of rotatable bonds is 7. The minimum Gasteiger partial charge on any atom is -0.269 e. The molecule has 0 spiro atoms. The summed E-state index contributed by atoms with van der Waals surface area (Å²) in [7, 11) is -7.24. The molecular formula is C18H24N2O4S2. The number of benzene rings is 2. The van der Waals surface area contributed by atoms with Gasteiger partial charge in [0.15, 0.2) is 0 Å². The van der Waals surface area contributed by atoms with E-state index < -0.39 is 20.0 Å². The zero-order valence-electron chi connectivity index (χ0n) is 15.4. The highest BCUT2D eigenvalue weighted by molar-refractivity contribution is 7.92. The Morgan fingerprint density at radius 2 is 1.50 bits per heavy atom. The second-order valence-electron chi connectivity index (χ2n) is 6.40. The summed E-state index contributed by atoms with van der Waals surface area (Å²) in [6.07, 6.45) is 1.11. The van der Waals surface area contributed by atoms with Gasteiger partial charge in [0.25, 0.3) is 0 Å². The van der Waals surface area contributed by atoms with Crippen LogP contribution in [-0.4, -0.2) is 36.2 Å². The second kappa shape index (κ2) is 7.77. The number of hydrogen-bond acceptors (Lipinski definition) is 4. The molecule has 6 nitrogen and oxygen atoms in total. The van der Waals surface area contributed by atoms with Crippen LogP contribution in [0.3, 0.4) is 0 Å². The number of nitrogens with one attached hydrogen (secondary N) is 1. The van der Waals surface area contributed by atoms with Gasteiger partial charge in [-0.25, -0.2) is 21.6 Å². The fourth-order valence-electron chi connectivity index (χ4n) is 2.73. The van der Waals surface area contributed by atoms with Crippen molar-refractivity contribution in [2.24, 2.45) is 0 Å². The van der Waals surface area contributed by atoms with Crippen LogP contribution >= 0.6 is 0 Å². The lowest BCUT2D eigenvalue weighted by Crippen LogP contribution is -2.38. The second-order valence-corrected chi connectivity index (χ2v) is 10.1. The third-order valence-corrected chi connectivity index (χ3v) is 6.45. The Hall–Kier alpha value is -1.90. The molecule has 0 unspecified atom stereocenters. The van der Waals surface area contributed by atoms with Gasteiger partial charge in [0.1, 0.15) is 0 Å². The molecule has 2 aromatic carbocycles. The molecule has 2 aromatic rings. The molecule has 0 fully saturated rings. The van der Waals surface area contributed by atoms with Crippen molar-refractivity contribution in [3.8, 4) is 0 Å². The summed E-state index contributed by atoms with van der Waals surface area (Å²) in [5, 5.41) is 0. The SMILES string of the molecule is Cc1cc(C)cc(N(CCNS(=O)(=O)c2cccc(C)c2)S(C)(=O)=O)c1. The van der Waals surface area contributed by atoms with Crippen LogP contribution in [0, 0.1) is 20.8 Å². The maximum absolute atomic E-state index is 12.4. The molecule has 0 heterocycles. The molecule has 0 saturated heterocycles. The van der Waals surface area contributed by atoms with E-state index in [1.54, 1.807) is 24.3 Å². The summed E-state index contributed by atoms with van der Waals surface area (Å²) in [5.74, 6) is 0. The Labute approximate surface area is 156 Å². The van der Waals surface area contributed by atoms with Crippen LogP contribution in [0.25, 0.3) is 0 Å². The minimum absolute atomic E-state index is 0.00672. The fraction of sp³-hybridized carbons (Fsp3) is 0.333. The summed E-state index contributed by atoms with van der Waals surface area (Å²) >= 11 is 0. The molecule has 0 amide bonds. The van der Waals surface area contributed by atoms with Crippen LogP contribution in [0.1, 0.15) is 16.7 Å². The van der Waals surface area contributed by atoms with Gasteiger partial charge in [-0.15, -0.1) is 0 Å². The summed E-state index contributed by atoms with van der Waals surface area (Å²) < 4.78 is 52.8. The first-order valence-corrected chi connectivity index (χ1v) is 11.4. The van der Waals surface area contributed by atoms with Crippen molar-refractivity contribution in [1.82, 2.24) is 4.72 Å². The lowest BCUT2D eigenvalue weighted by atomic mass is 10.1. The first-order chi connectivity index (χ1) is 12.0. The van der Waals surface area contributed by atoms with Gasteiger partial charge in [0.2, 0.25) is 20.0 Å². The third-order valence-electron chi connectivity index (χ3n) is 3.80. The van der Waals surface area contributed by atoms with Gasteiger partial charge in [-0.2, -0.15) is 0 Å². The zero-order valence-corrected chi connectivity index (χ0v) is 17.0. The number of anilines is 1. The molecule has 142 valence electrons. The summed E-state index contributed by atoms with van der Waals surface area (Å²) in [5.41, 5.74) is 3.24. The van der Waals surface area contributed by atoms with E-state index in [1.807, 2.05) is 32.9 Å². The number of hydrogen-bond donors (Lipinski definition) is 1. The molecule has 8 heteroatoms. The number of sulfonamides is 2. The first kappa shape index (κ1) is 20.4. The highest BCUT2D eigenvalue weighted by Gasteiger charge is 2.20. The van der Waals surface area contributed by atoms with E-state index in [-0.39, 0.29) is 18.0 Å². The Bertz CT molecular complexity index is 979. The zero-order chi connectivity index (χ0) is 19.5. The van der Waals surface area contributed by atoms with Gasteiger partial charge >= 0.3 is 0 Å². The number of nitrogens with zero attached hydrogens (tertiary/aromatic N) is 1. The monoisotopic (exact) mass is 396 g/mol. The van der Waals surface area contributed by atoms with E-state index >= 15 is 0 Å². The van der Waals surface area contributed by atoms with Crippen molar-refractivity contribution < 1.29 is 16.8 Å². The van der Waals surface area contributed by atoms with Crippen molar-refractivity contribution in [2.75, 3.05) is 23.7 Å². The van der Waals surface area contributed by atoms with Gasteiger partial charge in [0, 0.05) is 13.1 Å². The summed E-state index contributed by atoms with van der Waals surface area (Å²) in [6.45, 7) is 5.56. The Kier molecular flexibility index (Phi) is 6.10. The average molecular weight is 397 g/mol.